The zero-order valence-electron chi connectivity index (χ0n) is 13.7. The molecule has 0 spiro atoms. The van der Waals surface area contributed by atoms with Crippen LogP contribution >= 0.6 is 11.6 Å². The fourth-order valence-corrected chi connectivity index (χ4v) is 2.48. The number of hydrogen-bond donors (Lipinski definition) is 2. The molecule has 1 aromatic carbocycles. The lowest BCUT2D eigenvalue weighted by Gasteiger charge is -2.14. The van der Waals surface area contributed by atoms with Gasteiger partial charge in [-0.3, -0.25) is 9.59 Å². The molecular formula is C18H19ClN2O4. The minimum atomic E-state index is -0.966. The first-order chi connectivity index (χ1) is 12.0. The van der Waals surface area contributed by atoms with Crippen molar-refractivity contribution in [2.45, 2.75) is 13.3 Å². The summed E-state index contributed by atoms with van der Waals surface area (Å²) in [6.07, 6.45) is 1.68. The standard InChI is InChI=1S/C18H19ClN2O4/c1-2-25-17-15(19)9-13(10-21-17)16(22)20-11-14(18(23)24)8-12-6-4-3-5-7-12/h3-7,9-10,14H,2,8,11H2,1H3,(H,20,22)(H,23,24). The second kappa shape index (κ2) is 9.03. The Labute approximate surface area is 150 Å². The molecule has 2 N–H and O–H groups in total. The number of carbonyl (C=O) groups is 2. The van der Waals surface area contributed by atoms with Crippen molar-refractivity contribution in [3.05, 3.63) is 58.7 Å². The molecule has 0 aliphatic carbocycles. The van der Waals surface area contributed by atoms with E-state index in [0.717, 1.165) is 5.56 Å². The summed E-state index contributed by atoms with van der Waals surface area (Å²) < 4.78 is 5.21. The summed E-state index contributed by atoms with van der Waals surface area (Å²) in [6.45, 7) is 2.23. The van der Waals surface area contributed by atoms with Crippen molar-refractivity contribution in [1.82, 2.24) is 10.3 Å². The van der Waals surface area contributed by atoms with Crippen molar-refractivity contribution in [2.24, 2.45) is 5.92 Å². The van der Waals surface area contributed by atoms with Crippen LogP contribution in [0.3, 0.4) is 0 Å². The Hall–Kier alpha value is -2.60. The van der Waals surface area contributed by atoms with Gasteiger partial charge in [-0.25, -0.2) is 4.98 Å². The van der Waals surface area contributed by atoms with Gasteiger partial charge >= 0.3 is 5.97 Å². The second-order valence-electron chi connectivity index (χ2n) is 5.38. The number of carboxylic acid groups (broad SMARTS) is 1. The number of hydrogen-bond acceptors (Lipinski definition) is 4. The van der Waals surface area contributed by atoms with Gasteiger partial charge in [-0.1, -0.05) is 41.9 Å². The van der Waals surface area contributed by atoms with Gasteiger partial charge in [0.2, 0.25) is 5.88 Å². The highest BCUT2D eigenvalue weighted by atomic mass is 35.5. The third-order valence-corrected chi connectivity index (χ3v) is 3.80. The van der Waals surface area contributed by atoms with E-state index in [9.17, 15) is 14.7 Å². The Morgan fingerprint density at radius 2 is 2.04 bits per heavy atom. The van der Waals surface area contributed by atoms with Crippen molar-refractivity contribution in [2.75, 3.05) is 13.2 Å². The van der Waals surface area contributed by atoms with Crippen molar-refractivity contribution >= 4 is 23.5 Å². The molecule has 0 aliphatic heterocycles. The predicted octanol–water partition coefficient (Wildman–Crippen LogP) is 2.81. The Balaban J connectivity index is 1.99. The molecule has 1 heterocycles. The fraction of sp³-hybridized carbons (Fsp3) is 0.278. The monoisotopic (exact) mass is 362 g/mol. The number of carboxylic acids is 1. The zero-order valence-corrected chi connectivity index (χ0v) is 14.5. The first-order valence-corrected chi connectivity index (χ1v) is 8.22. The van der Waals surface area contributed by atoms with E-state index >= 15 is 0 Å². The molecule has 7 heteroatoms. The molecule has 132 valence electrons. The summed E-state index contributed by atoms with van der Waals surface area (Å²) in [4.78, 5) is 27.6. The molecule has 0 aliphatic rings. The first kappa shape index (κ1) is 18.7. The average molecular weight is 363 g/mol. The van der Waals surface area contributed by atoms with E-state index in [-0.39, 0.29) is 23.0 Å². The van der Waals surface area contributed by atoms with E-state index in [1.165, 1.54) is 12.3 Å². The number of aliphatic carboxylic acids is 1. The molecule has 6 nitrogen and oxygen atoms in total. The molecular weight excluding hydrogens is 344 g/mol. The summed E-state index contributed by atoms with van der Waals surface area (Å²) in [6, 6.07) is 10.7. The number of carbonyl (C=O) groups excluding carboxylic acids is 1. The minimum Gasteiger partial charge on any atom is -0.481 e. The Morgan fingerprint density at radius 3 is 2.64 bits per heavy atom. The van der Waals surface area contributed by atoms with Crippen molar-refractivity contribution in [3.63, 3.8) is 0 Å². The van der Waals surface area contributed by atoms with Gasteiger partial charge in [0.05, 0.1) is 18.1 Å². The number of nitrogens with one attached hydrogen (secondary N) is 1. The second-order valence-corrected chi connectivity index (χ2v) is 5.79. The topological polar surface area (TPSA) is 88.5 Å². The Bertz CT molecular complexity index is 737. The van der Waals surface area contributed by atoms with Gasteiger partial charge in [-0.15, -0.1) is 0 Å². The number of ether oxygens (including phenoxy) is 1. The highest BCUT2D eigenvalue weighted by Gasteiger charge is 2.20. The maximum atomic E-state index is 12.2. The largest absolute Gasteiger partial charge is 0.481 e. The lowest BCUT2D eigenvalue weighted by atomic mass is 9.99. The summed E-state index contributed by atoms with van der Waals surface area (Å²) >= 11 is 6.01. The number of pyridine rings is 1. The lowest BCUT2D eigenvalue weighted by molar-refractivity contribution is -0.141. The maximum Gasteiger partial charge on any atom is 0.308 e. The molecule has 0 fully saturated rings. The molecule has 2 aromatic rings. The average Bonchev–Trinajstić information content (AvgIpc) is 2.60. The van der Waals surface area contributed by atoms with Gasteiger partial charge in [-0.05, 0) is 25.0 Å². The van der Waals surface area contributed by atoms with Gasteiger partial charge < -0.3 is 15.2 Å². The van der Waals surface area contributed by atoms with E-state index < -0.39 is 17.8 Å². The number of amides is 1. The summed E-state index contributed by atoms with van der Waals surface area (Å²) in [5.74, 6) is -1.87. The van der Waals surface area contributed by atoms with Crippen LogP contribution < -0.4 is 10.1 Å². The van der Waals surface area contributed by atoms with Crippen LogP contribution in [0.4, 0.5) is 0 Å². The van der Waals surface area contributed by atoms with Crippen molar-refractivity contribution < 1.29 is 19.4 Å². The molecule has 1 atom stereocenters. The van der Waals surface area contributed by atoms with Gasteiger partial charge in [-0.2, -0.15) is 0 Å². The van der Waals surface area contributed by atoms with Gasteiger partial charge in [0.15, 0.2) is 0 Å². The SMILES string of the molecule is CCOc1ncc(C(=O)NCC(Cc2ccccc2)C(=O)O)cc1Cl. The Morgan fingerprint density at radius 1 is 1.32 bits per heavy atom. The number of nitrogens with zero attached hydrogens (tertiary/aromatic N) is 1. The molecule has 1 aromatic heterocycles. The number of aromatic nitrogens is 1. The van der Waals surface area contributed by atoms with Crippen LogP contribution in [0.2, 0.25) is 5.02 Å². The molecule has 2 rings (SSSR count). The zero-order chi connectivity index (χ0) is 18.2. The molecule has 0 radical (unpaired) electrons. The molecule has 0 bridgehead atoms. The predicted molar refractivity (Wildman–Crippen MR) is 94.0 cm³/mol. The molecule has 25 heavy (non-hydrogen) atoms. The molecule has 0 saturated carbocycles. The van der Waals surface area contributed by atoms with Crippen LogP contribution in [-0.4, -0.2) is 35.1 Å². The van der Waals surface area contributed by atoms with E-state index in [1.807, 2.05) is 30.3 Å². The van der Waals surface area contributed by atoms with E-state index in [2.05, 4.69) is 10.3 Å². The summed E-state index contributed by atoms with van der Waals surface area (Å²) in [5.41, 5.74) is 1.15. The van der Waals surface area contributed by atoms with Gasteiger partial charge in [0, 0.05) is 12.7 Å². The number of rotatable bonds is 8. The fourth-order valence-electron chi connectivity index (χ4n) is 2.26. The quantitative estimate of drug-likeness (QED) is 0.753. The highest BCUT2D eigenvalue weighted by Crippen LogP contribution is 2.22. The third-order valence-electron chi connectivity index (χ3n) is 3.53. The van der Waals surface area contributed by atoms with Gasteiger partial charge in [0.25, 0.3) is 5.91 Å². The Kier molecular flexibility index (Phi) is 6.77. The van der Waals surface area contributed by atoms with Crippen LogP contribution in [0.25, 0.3) is 0 Å². The van der Waals surface area contributed by atoms with E-state index in [1.54, 1.807) is 6.92 Å². The molecule has 0 saturated heterocycles. The third kappa shape index (κ3) is 5.46. The normalized spacial score (nSPS) is 11.6. The molecule has 1 unspecified atom stereocenters. The first-order valence-electron chi connectivity index (χ1n) is 7.84. The van der Waals surface area contributed by atoms with Crippen LogP contribution in [0.5, 0.6) is 5.88 Å². The highest BCUT2D eigenvalue weighted by molar-refractivity contribution is 6.32. The van der Waals surface area contributed by atoms with E-state index in [0.29, 0.717) is 13.0 Å². The van der Waals surface area contributed by atoms with Crippen LogP contribution in [0.1, 0.15) is 22.8 Å². The van der Waals surface area contributed by atoms with Crippen molar-refractivity contribution in [1.29, 1.82) is 0 Å². The summed E-state index contributed by atoms with van der Waals surface area (Å²) in [5, 5.41) is 12.2. The van der Waals surface area contributed by atoms with Crippen LogP contribution in [0, 0.1) is 5.92 Å². The van der Waals surface area contributed by atoms with Crippen LogP contribution in [0.15, 0.2) is 42.6 Å². The van der Waals surface area contributed by atoms with Gasteiger partial charge in [0.1, 0.15) is 5.02 Å². The number of benzene rings is 1. The van der Waals surface area contributed by atoms with Crippen molar-refractivity contribution in [3.8, 4) is 5.88 Å². The smallest absolute Gasteiger partial charge is 0.308 e. The van der Waals surface area contributed by atoms with Crippen LogP contribution in [-0.2, 0) is 11.2 Å². The number of halogens is 1. The van der Waals surface area contributed by atoms with E-state index in [4.69, 9.17) is 16.3 Å². The molecule has 1 amide bonds. The minimum absolute atomic E-state index is 0.00783. The maximum absolute atomic E-state index is 12.2. The lowest BCUT2D eigenvalue weighted by Crippen LogP contribution is -2.34. The summed E-state index contributed by atoms with van der Waals surface area (Å²) in [7, 11) is 0.